The largest absolute Gasteiger partial charge is 0.492 e. The third kappa shape index (κ3) is 6.21. The molecule has 0 aliphatic carbocycles. The van der Waals surface area contributed by atoms with Crippen LogP contribution in [0.5, 0.6) is 11.5 Å². The number of aryl methyl sites for hydroxylation is 1. The number of hydrogen-bond acceptors (Lipinski definition) is 5. The molecule has 2 aromatic rings. The van der Waals surface area contributed by atoms with Crippen LogP contribution in [0.15, 0.2) is 53.4 Å². The van der Waals surface area contributed by atoms with E-state index in [4.69, 9.17) is 9.47 Å². The summed E-state index contributed by atoms with van der Waals surface area (Å²) in [6.07, 6.45) is 1.79. The summed E-state index contributed by atoms with van der Waals surface area (Å²) in [5.41, 5.74) is 1.13. The van der Waals surface area contributed by atoms with Crippen molar-refractivity contribution in [1.82, 2.24) is 9.62 Å². The van der Waals surface area contributed by atoms with Gasteiger partial charge in [0, 0.05) is 13.1 Å². The van der Waals surface area contributed by atoms with E-state index in [1.807, 2.05) is 38.1 Å². The molecule has 0 spiro atoms. The van der Waals surface area contributed by atoms with Crippen LogP contribution in [0.1, 0.15) is 31.7 Å². The molecule has 1 N–H and O–H groups in total. The van der Waals surface area contributed by atoms with Gasteiger partial charge < -0.3 is 14.8 Å². The number of carbonyl (C=O) groups is 1. The number of hydrogen-bond donors (Lipinski definition) is 1. The lowest BCUT2D eigenvalue weighted by molar-refractivity contribution is -0.128. The molecule has 1 aliphatic rings. The van der Waals surface area contributed by atoms with Gasteiger partial charge in [-0.3, -0.25) is 4.79 Å². The Balaban J connectivity index is 1.44. The van der Waals surface area contributed by atoms with Crippen molar-refractivity contribution >= 4 is 15.9 Å². The van der Waals surface area contributed by atoms with Crippen LogP contribution in [0.2, 0.25) is 0 Å². The average molecular weight is 447 g/mol. The summed E-state index contributed by atoms with van der Waals surface area (Å²) in [5, 5.41) is 2.82. The molecule has 1 amide bonds. The molecule has 1 aliphatic heterocycles. The van der Waals surface area contributed by atoms with E-state index in [1.54, 1.807) is 24.3 Å². The molecule has 0 bridgehead atoms. The van der Waals surface area contributed by atoms with Crippen molar-refractivity contribution in [1.29, 1.82) is 0 Å². The topological polar surface area (TPSA) is 84.9 Å². The van der Waals surface area contributed by atoms with Gasteiger partial charge in [-0.05, 0) is 62.6 Å². The van der Waals surface area contributed by atoms with Crippen molar-refractivity contribution < 1.29 is 22.7 Å². The predicted molar refractivity (Wildman–Crippen MR) is 119 cm³/mol. The van der Waals surface area contributed by atoms with E-state index in [0.717, 1.165) is 18.4 Å². The van der Waals surface area contributed by atoms with E-state index >= 15 is 0 Å². The summed E-state index contributed by atoms with van der Waals surface area (Å²) >= 11 is 0. The highest BCUT2D eigenvalue weighted by atomic mass is 32.2. The molecule has 0 unspecified atom stereocenters. The van der Waals surface area contributed by atoms with Crippen molar-refractivity contribution in [2.45, 2.75) is 44.1 Å². The van der Waals surface area contributed by atoms with E-state index in [1.165, 1.54) is 4.31 Å². The lowest BCUT2D eigenvalue weighted by Crippen LogP contribution is -2.39. The fraction of sp³-hybridized carbons (Fsp3) is 0.435. The van der Waals surface area contributed by atoms with E-state index in [2.05, 4.69) is 5.32 Å². The number of rotatable bonds is 10. The first-order valence-electron chi connectivity index (χ1n) is 10.6. The van der Waals surface area contributed by atoms with Gasteiger partial charge in [0.05, 0.1) is 11.4 Å². The molecular weight excluding hydrogens is 416 g/mol. The number of benzene rings is 2. The van der Waals surface area contributed by atoms with Gasteiger partial charge >= 0.3 is 0 Å². The van der Waals surface area contributed by atoms with Crippen LogP contribution in [-0.2, 0) is 14.8 Å². The minimum atomic E-state index is -3.43. The molecule has 31 heavy (non-hydrogen) atoms. The molecule has 2 aromatic carbocycles. The molecule has 3 rings (SSSR count). The molecule has 7 nitrogen and oxygen atoms in total. The first-order valence-corrected chi connectivity index (χ1v) is 12.1. The molecule has 0 aromatic heterocycles. The van der Waals surface area contributed by atoms with Crippen LogP contribution >= 0.6 is 0 Å². The molecular formula is C23H30N2O5S. The minimum Gasteiger partial charge on any atom is -0.492 e. The van der Waals surface area contributed by atoms with E-state index < -0.39 is 16.1 Å². The molecule has 1 atom stereocenters. The highest BCUT2D eigenvalue weighted by Crippen LogP contribution is 2.23. The third-order valence-electron chi connectivity index (χ3n) is 5.16. The van der Waals surface area contributed by atoms with Gasteiger partial charge in [0.25, 0.3) is 5.91 Å². The lowest BCUT2D eigenvalue weighted by atomic mass is 10.2. The first kappa shape index (κ1) is 23.1. The maximum atomic E-state index is 12.5. The Morgan fingerprint density at radius 1 is 1.03 bits per heavy atom. The van der Waals surface area contributed by atoms with Crippen LogP contribution in [0, 0.1) is 6.92 Å². The molecule has 1 heterocycles. The maximum Gasteiger partial charge on any atom is 0.261 e. The quantitative estimate of drug-likeness (QED) is 0.567. The Labute approximate surface area is 184 Å². The SMILES string of the molecule is CC[C@@H](Oc1ccc(C)cc1)C(=O)NCCOc1ccc(S(=O)(=O)N2CCCC2)cc1. The van der Waals surface area contributed by atoms with Crippen LogP contribution in [0.25, 0.3) is 0 Å². The summed E-state index contributed by atoms with van der Waals surface area (Å²) in [6.45, 7) is 5.63. The normalized spacial score (nSPS) is 15.4. The average Bonchev–Trinajstić information content (AvgIpc) is 3.32. The van der Waals surface area contributed by atoms with Gasteiger partial charge in [-0.2, -0.15) is 4.31 Å². The van der Waals surface area contributed by atoms with Crippen LogP contribution in [0.3, 0.4) is 0 Å². The zero-order valence-electron chi connectivity index (χ0n) is 18.0. The standard InChI is InChI=1S/C23H30N2O5S/c1-3-22(30-20-8-6-18(2)7-9-20)23(26)24-14-17-29-19-10-12-21(13-11-19)31(27,28)25-15-4-5-16-25/h6-13,22H,3-5,14-17H2,1-2H3,(H,24,26)/t22-/m1/s1. The van der Waals surface area contributed by atoms with Crippen molar-refractivity contribution in [3.63, 3.8) is 0 Å². The second-order valence-electron chi connectivity index (χ2n) is 7.55. The number of carbonyl (C=O) groups excluding carboxylic acids is 1. The Kier molecular flexibility index (Phi) is 7.92. The Bertz CT molecular complexity index is 952. The van der Waals surface area contributed by atoms with Gasteiger partial charge in [-0.1, -0.05) is 24.6 Å². The summed E-state index contributed by atoms with van der Waals surface area (Å²) in [5.74, 6) is 1.02. The fourth-order valence-corrected chi connectivity index (χ4v) is 4.86. The Morgan fingerprint density at radius 3 is 2.26 bits per heavy atom. The molecule has 1 fully saturated rings. The summed E-state index contributed by atoms with van der Waals surface area (Å²) in [4.78, 5) is 12.6. The third-order valence-corrected chi connectivity index (χ3v) is 7.07. The van der Waals surface area contributed by atoms with Crippen molar-refractivity contribution in [3.8, 4) is 11.5 Å². The summed E-state index contributed by atoms with van der Waals surface area (Å²) in [7, 11) is -3.43. The Hall–Kier alpha value is -2.58. The van der Waals surface area contributed by atoms with Crippen LogP contribution in [0.4, 0.5) is 0 Å². The van der Waals surface area contributed by atoms with Crippen molar-refractivity contribution in [3.05, 3.63) is 54.1 Å². The number of ether oxygens (including phenoxy) is 2. The van der Waals surface area contributed by atoms with Gasteiger partial charge in [0.2, 0.25) is 10.0 Å². The number of amides is 1. The molecule has 1 saturated heterocycles. The van der Waals surface area contributed by atoms with Crippen LogP contribution in [-0.4, -0.2) is 51.0 Å². The van der Waals surface area contributed by atoms with Crippen molar-refractivity contribution in [2.75, 3.05) is 26.2 Å². The van der Waals surface area contributed by atoms with E-state index in [9.17, 15) is 13.2 Å². The fourth-order valence-electron chi connectivity index (χ4n) is 3.35. The van der Waals surface area contributed by atoms with Gasteiger partial charge in [0.15, 0.2) is 6.10 Å². The maximum absolute atomic E-state index is 12.5. The second-order valence-corrected chi connectivity index (χ2v) is 9.49. The van der Waals surface area contributed by atoms with Gasteiger partial charge in [0.1, 0.15) is 18.1 Å². The minimum absolute atomic E-state index is 0.196. The number of nitrogens with zero attached hydrogens (tertiary/aromatic N) is 1. The monoisotopic (exact) mass is 446 g/mol. The predicted octanol–water partition coefficient (Wildman–Crippen LogP) is 3.13. The molecule has 8 heteroatoms. The smallest absolute Gasteiger partial charge is 0.261 e. The van der Waals surface area contributed by atoms with Gasteiger partial charge in [-0.25, -0.2) is 8.42 Å². The highest BCUT2D eigenvalue weighted by Gasteiger charge is 2.27. The molecule has 0 saturated carbocycles. The zero-order chi connectivity index (χ0) is 22.3. The molecule has 0 radical (unpaired) electrons. The Morgan fingerprint density at radius 2 is 1.65 bits per heavy atom. The number of nitrogens with one attached hydrogen (secondary N) is 1. The zero-order valence-corrected chi connectivity index (χ0v) is 18.9. The van der Waals surface area contributed by atoms with Crippen LogP contribution < -0.4 is 14.8 Å². The van der Waals surface area contributed by atoms with E-state index in [-0.39, 0.29) is 17.4 Å². The molecule has 168 valence electrons. The summed E-state index contributed by atoms with van der Waals surface area (Å²) < 4.78 is 38.0. The second kappa shape index (κ2) is 10.6. The van der Waals surface area contributed by atoms with Crippen molar-refractivity contribution in [2.24, 2.45) is 0 Å². The summed E-state index contributed by atoms with van der Waals surface area (Å²) in [6, 6.07) is 14.0. The van der Waals surface area contributed by atoms with Gasteiger partial charge in [-0.15, -0.1) is 0 Å². The first-order chi connectivity index (χ1) is 14.9. The highest BCUT2D eigenvalue weighted by molar-refractivity contribution is 7.89. The lowest BCUT2D eigenvalue weighted by Gasteiger charge is -2.17. The van der Waals surface area contributed by atoms with E-state index in [0.29, 0.717) is 37.6 Å². The number of sulfonamides is 1.